The molecule has 166 valence electrons. The number of nitrogens with one attached hydrogen (secondary N) is 1. The zero-order valence-corrected chi connectivity index (χ0v) is 17.8. The lowest BCUT2D eigenvalue weighted by Crippen LogP contribution is -2.06. The molecule has 0 atom stereocenters. The third-order valence-electron chi connectivity index (χ3n) is 4.97. The summed E-state index contributed by atoms with van der Waals surface area (Å²) in [7, 11) is 0. The van der Waals surface area contributed by atoms with E-state index in [1.54, 1.807) is 30.6 Å². The number of nitrogens with zero attached hydrogens (tertiary/aromatic N) is 6. The number of hydrogen-bond donors (Lipinski definition) is 2. The van der Waals surface area contributed by atoms with E-state index in [9.17, 15) is 4.79 Å². The largest absolute Gasteiger partial charge is 0.424 e. The highest BCUT2D eigenvalue weighted by Gasteiger charge is 2.20. The molecule has 1 amide bonds. The van der Waals surface area contributed by atoms with Gasteiger partial charge in [-0.25, -0.2) is 15.0 Å². The number of amides is 1. The highest BCUT2D eigenvalue weighted by Crippen LogP contribution is 2.37. The molecule has 5 rings (SSSR count). The lowest BCUT2D eigenvalue weighted by molar-refractivity contribution is -0.111. The van der Waals surface area contributed by atoms with Crippen molar-refractivity contribution >= 4 is 22.9 Å². The quantitative estimate of drug-likeness (QED) is 0.374. The van der Waals surface area contributed by atoms with Crippen LogP contribution in [0.3, 0.4) is 0 Å². The molecule has 2 aromatic carbocycles. The lowest BCUT2D eigenvalue weighted by Gasteiger charge is -2.08. The maximum absolute atomic E-state index is 11.6. The molecule has 10 heteroatoms. The molecule has 5 aromatic rings. The third-order valence-corrected chi connectivity index (χ3v) is 4.97. The first-order valence-corrected chi connectivity index (χ1v) is 10.2. The highest BCUT2D eigenvalue weighted by molar-refractivity contribution is 5.99. The van der Waals surface area contributed by atoms with Crippen molar-refractivity contribution in [2.24, 2.45) is 0 Å². The summed E-state index contributed by atoms with van der Waals surface area (Å²) in [6, 6.07) is 16.7. The van der Waals surface area contributed by atoms with Crippen molar-refractivity contribution in [1.82, 2.24) is 29.8 Å². The van der Waals surface area contributed by atoms with Gasteiger partial charge in [-0.15, -0.1) is 14.8 Å². The Morgan fingerprint density at radius 2 is 1.71 bits per heavy atom. The van der Waals surface area contributed by atoms with E-state index in [4.69, 9.17) is 10.5 Å². The molecular weight excluding hydrogens is 432 g/mol. The zero-order chi connectivity index (χ0) is 23.5. The fourth-order valence-electron chi connectivity index (χ4n) is 3.43. The van der Waals surface area contributed by atoms with Gasteiger partial charge < -0.3 is 15.8 Å². The van der Waals surface area contributed by atoms with Crippen molar-refractivity contribution < 1.29 is 9.53 Å². The van der Waals surface area contributed by atoms with Gasteiger partial charge >= 0.3 is 6.01 Å². The molecule has 0 bridgehead atoms. The topological polar surface area (TPSA) is 133 Å². The average Bonchev–Trinajstić information content (AvgIpc) is 3.26. The number of carbonyl (C=O) groups is 1. The predicted octanol–water partition coefficient (Wildman–Crippen LogP) is 3.75. The summed E-state index contributed by atoms with van der Waals surface area (Å²) < 4.78 is 7.16. The van der Waals surface area contributed by atoms with Gasteiger partial charge in [-0.1, -0.05) is 30.8 Å². The van der Waals surface area contributed by atoms with E-state index >= 15 is 0 Å². The van der Waals surface area contributed by atoms with E-state index in [2.05, 4.69) is 37.0 Å². The Balaban J connectivity index is 1.56. The molecule has 3 aromatic heterocycles. The maximum atomic E-state index is 11.6. The van der Waals surface area contributed by atoms with E-state index in [1.807, 2.05) is 36.4 Å². The summed E-state index contributed by atoms with van der Waals surface area (Å²) in [4.78, 5) is 23.9. The van der Waals surface area contributed by atoms with Crippen LogP contribution in [0.5, 0.6) is 11.8 Å². The predicted molar refractivity (Wildman–Crippen MR) is 127 cm³/mol. The molecule has 3 N–H and O–H groups in total. The van der Waals surface area contributed by atoms with Gasteiger partial charge in [0.15, 0.2) is 5.82 Å². The number of ether oxygens (including phenoxy) is 1. The Morgan fingerprint density at radius 1 is 1.00 bits per heavy atom. The minimum atomic E-state index is -0.285. The first-order chi connectivity index (χ1) is 16.6. The second-order valence-electron chi connectivity index (χ2n) is 7.14. The molecule has 0 fully saturated rings. The highest BCUT2D eigenvalue weighted by atomic mass is 16.5. The van der Waals surface area contributed by atoms with E-state index in [1.165, 1.54) is 17.0 Å². The van der Waals surface area contributed by atoms with Crippen LogP contribution in [0.4, 0.5) is 11.5 Å². The number of hydrogen-bond acceptors (Lipinski definition) is 8. The van der Waals surface area contributed by atoms with Crippen LogP contribution in [-0.2, 0) is 4.79 Å². The number of fused-ring (bicyclic) bond motifs is 1. The van der Waals surface area contributed by atoms with Crippen LogP contribution >= 0.6 is 0 Å². The molecular formula is C24H18N8O2. The van der Waals surface area contributed by atoms with Crippen LogP contribution in [0.15, 0.2) is 86.0 Å². The van der Waals surface area contributed by atoms with Gasteiger partial charge in [0, 0.05) is 29.2 Å². The van der Waals surface area contributed by atoms with Crippen molar-refractivity contribution in [2.45, 2.75) is 0 Å². The molecule has 0 saturated carbocycles. The molecule has 3 heterocycles. The van der Waals surface area contributed by atoms with Gasteiger partial charge in [-0.2, -0.15) is 0 Å². The molecule has 0 aliphatic rings. The molecule has 0 radical (unpaired) electrons. The van der Waals surface area contributed by atoms with Crippen molar-refractivity contribution in [2.75, 3.05) is 11.1 Å². The summed E-state index contributed by atoms with van der Waals surface area (Å²) in [6.07, 6.45) is 5.79. The van der Waals surface area contributed by atoms with Crippen LogP contribution in [0.25, 0.3) is 27.9 Å². The first-order valence-electron chi connectivity index (χ1n) is 10.2. The summed E-state index contributed by atoms with van der Waals surface area (Å²) in [6.45, 7) is 3.46. The Hall–Kier alpha value is -5.12. The third kappa shape index (κ3) is 4.02. The smallest absolute Gasteiger partial charge is 0.321 e. The monoisotopic (exact) mass is 450 g/mol. The van der Waals surface area contributed by atoms with E-state index < -0.39 is 0 Å². The zero-order valence-electron chi connectivity index (χ0n) is 17.8. The number of nitrogens with two attached hydrogens (primary N) is 1. The summed E-state index contributed by atoms with van der Waals surface area (Å²) in [5.74, 6) is 0.601. The minimum Gasteiger partial charge on any atom is -0.424 e. The number of aromatic nitrogens is 6. The van der Waals surface area contributed by atoms with Crippen LogP contribution < -0.4 is 15.8 Å². The first kappa shape index (κ1) is 20.8. The average molecular weight is 450 g/mol. The van der Waals surface area contributed by atoms with Crippen molar-refractivity contribution in [3.63, 3.8) is 0 Å². The Bertz CT molecular complexity index is 1480. The van der Waals surface area contributed by atoms with E-state index in [-0.39, 0.29) is 11.9 Å². The van der Waals surface area contributed by atoms with Crippen LogP contribution in [-0.4, -0.2) is 35.7 Å². The fourth-order valence-corrected chi connectivity index (χ4v) is 3.43. The van der Waals surface area contributed by atoms with E-state index in [0.29, 0.717) is 28.5 Å². The molecule has 0 unspecified atom stereocenters. The van der Waals surface area contributed by atoms with Crippen LogP contribution in [0, 0.1) is 0 Å². The molecule has 0 aliphatic carbocycles. The fraction of sp³-hybridized carbons (Fsp3) is 0. The van der Waals surface area contributed by atoms with Crippen molar-refractivity contribution in [3.8, 4) is 34.1 Å². The number of benzene rings is 2. The Morgan fingerprint density at radius 3 is 2.41 bits per heavy atom. The van der Waals surface area contributed by atoms with Crippen molar-refractivity contribution in [3.05, 3.63) is 86.0 Å². The van der Waals surface area contributed by atoms with Gasteiger partial charge in [-0.3, -0.25) is 4.79 Å². The standard InChI is InChI=1S/C24H18N8O2/c1-2-19(33)30-17-8-4-16(5-9-17)21-20(22-23(25)28-14-29-32(22)31-21)15-6-10-18(11-7-15)34-24-26-12-3-13-27-24/h2-14H,1H2,(H,30,33)(H2,25,28,29). The second kappa shape index (κ2) is 8.79. The SMILES string of the molecule is C=CC(=O)Nc1ccc(-c2nn3ncnc(N)c3c2-c2ccc(Oc3ncccn3)cc2)cc1. The van der Waals surface area contributed by atoms with Crippen LogP contribution in [0.2, 0.25) is 0 Å². The van der Waals surface area contributed by atoms with Crippen LogP contribution in [0.1, 0.15) is 0 Å². The number of anilines is 2. The minimum absolute atomic E-state index is 0.258. The maximum Gasteiger partial charge on any atom is 0.321 e. The molecule has 0 aliphatic heterocycles. The van der Waals surface area contributed by atoms with Gasteiger partial charge in [0.25, 0.3) is 0 Å². The second-order valence-corrected chi connectivity index (χ2v) is 7.14. The van der Waals surface area contributed by atoms with Gasteiger partial charge in [0.1, 0.15) is 23.3 Å². The molecule has 10 nitrogen and oxygen atoms in total. The summed E-state index contributed by atoms with van der Waals surface area (Å²) in [5.41, 5.74) is 10.5. The summed E-state index contributed by atoms with van der Waals surface area (Å²) >= 11 is 0. The van der Waals surface area contributed by atoms with Gasteiger partial charge in [-0.05, 0) is 42.0 Å². The number of carbonyl (C=O) groups excluding carboxylic acids is 1. The molecule has 0 spiro atoms. The van der Waals surface area contributed by atoms with Gasteiger partial charge in [0.05, 0.1) is 0 Å². The Kier molecular flexibility index (Phi) is 5.37. The normalized spacial score (nSPS) is 10.7. The number of rotatable bonds is 6. The van der Waals surface area contributed by atoms with Crippen molar-refractivity contribution in [1.29, 1.82) is 0 Å². The van der Waals surface area contributed by atoms with E-state index in [0.717, 1.165) is 16.7 Å². The molecule has 34 heavy (non-hydrogen) atoms. The van der Waals surface area contributed by atoms with Gasteiger partial charge in [0.2, 0.25) is 5.91 Å². The summed E-state index contributed by atoms with van der Waals surface area (Å²) in [5, 5.41) is 11.6. The molecule has 0 saturated heterocycles. The Labute approximate surface area is 193 Å². The number of nitrogen functional groups attached to an aromatic ring is 1. The lowest BCUT2D eigenvalue weighted by atomic mass is 9.99.